The standard InChI is InChI=1S/C9H9F3N4OS/c1-5(2)4-14-8-7(6(3-13)15-16-8)18(17)9(10,11)12/h1,4H2,2H3,(H2,14,15,16). The second kappa shape index (κ2) is 5.22. The Hall–Kier alpha value is -1.82. The van der Waals surface area contributed by atoms with E-state index < -0.39 is 26.9 Å². The van der Waals surface area contributed by atoms with Crippen molar-refractivity contribution in [2.45, 2.75) is 17.3 Å². The highest BCUT2D eigenvalue weighted by Crippen LogP contribution is 2.31. The first kappa shape index (κ1) is 14.2. The molecule has 5 nitrogen and oxygen atoms in total. The van der Waals surface area contributed by atoms with Gasteiger partial charge in [-0.2, -0.15) is 23.5 Å². The molecule has 0 radical (unpaired) electrons. The molecule has 0 aliphatic heterocycles. The van der Waals surface area contributed by atoms with Crippen LogP contribution in [0.5, 0.6) is 0 Å². The normalized spacial score (nSPS) is 12.8. The number of aromatic nitrogens is 2. The lowest BCUT2D eigenvalue weighted by molar-refractivity contribution is -0.0384. The Bertz CT molecular complexity index is 529. The van der Waals surface area contributed by atoms with Gasteiger partial charge in [0.25, 0.3) is 0 Å². The molecule has 1 aromatic rings. The number of rotatable bonds is 4. The smallest absolute Gasteiger partial charge is 0.364 e. The van der Waals surface area contributed by atoms with Crippen LogP contribution in [0, 0.1) is 11.3 Å². The van der Waals surface area contributed by atoms with Gasteiger partial charge in [0.1, 0.15) is 11.0 Å². The molecule has 0 saturated carbocycles. The van der Waals surface area contributed by atoms with E-state index in [1.54, 1.807) is 6.92 Å². The van der Waals surface area contributed by atoms with Crippen LogP contribution in [-0.4, -0.2) is 26.5 Å². The Labute approximate surface area is 103 Å². The van der Waals surface area contributed by atoms with Crippen LogP contribution >= 0.6 is 0 Å². The van der Waals surface area contributed by atoms with Crippen molar-refractivity contribution < 1.29 is 17.4 Å². The monoisotopic (exact) mass is 278 g/mol. The summed E-state index contributed by atoms with van der Waals surface area (Å²) in [5.41, 5.74) is -4.77. The summed E-state index contributed by atoms with van der Waals surface area (Å²) in [5.74, 6) is -0.259. The van der Waals surface area contributed by atoms with E-state index in [4.69, 9.17) is 5.26 Å². The minimum absolute atomic E-state index is 0.164. The van der Waals surface area contributed by atoms with E-state index in [0.717, 1.165) is 0 Å². The van der Waals surface area contributed by atoms with Gasteiger partial charge in [0, 0.05) is 6.54 Å². The third-order valence-electron chi connectivity index (χ3n) is 1.79. The van der Waals surface area contributed by atoms with Gasteiger partial charge < -0.3 is 5.32 Å². The third-order valence-corrected chi connectivity index (χ3v) is 2.98. The zero-order valence-corrected chi connectivity index (χ0v) is 10.1. The van der Waals surface area contributed by atoms with Gasteiger partial charge >= 0.3 is 5.51 Å². The largest absolute Gasteiger partial charge is 0.476 e. The van der Waals surface area contributed by atoms with Gasteiger partial charge in [0.15, 0.2) is 22.3 Å². The van der Waals surface area contributed by atoms with Gasteiger partial charge in [-0.1, -0.05) is 12.2 Å². The van der Waals surface area contributed by atoms with Crippen LogP contribution in [0.3, 0.4) is 0 Å². The lowest BCUT2D eigenvalue weighted by Crippen LogP contribution is -2.18. The maximum atomic E-state index is 12.4. The number of alkyl halides is 3. The zero-order chi connectivity index (χ0) is 13.9. The van der Waals surface area contributed by atoms with Gasteiger partial charge in [-0.25, -0.2) is 4.21 Å². The predicted molar refractivity (Wildman–Crippen MR) is 59.1 cm³/mol. The second-order valence-electron chi connectivity index (χ2n) is 3.41. The van der Waals surface area contributed by atoms with Crippen LogP contribution in [0.4, 0.5) is 19.0 Å². The fourth-order valence-corrected chi connectivity index (χ4v) is 1.86. The summed E-state index contributed by atoms with van der Waals surface area (Å²) in [5, 5.41) is 16.8. The number of nitrogens with one attached hydrogen (secondary N) is 2. The molecule has 1 heterocycles. The molecule has 0 bridgehead atoms. The van der Waals surface area contributed by atoms with Gasteiger partial charge in [0.05, 0.1) is 0 Å². The quantitative estimate of drug-likeness (QED) is 0.824. The maximum Gasteiger partial charge on any atom is 0.476 e. The SMILES string of the molecule is C=C(C)CNc1n[nH]c(C#N)c1S(=O)C(F)(F)F. The first-order chi connectivity index (χ1) is 8.27. The van der Waals surface area contributed by atoms with Gasteiger partial charge in [-0.15, -0.1) is 0 Å². The van der Waals surface area contributed by atoms with Crippen molar-refractivity contribution in [3.63, 3.8) is 0 Å². The number of halogens is 3. The summed E-state index contributed by atoms with van der Waals surface area (Å²) in [7, 11) is -3.32. The third kappa shape index (κ3) is 3.10. The number of aromatic amines is 1. The molecule has 0 spiro atoms. The summed E-state index contributed by atoms with van der Waals surface area (Å²) >= 11 is 0. The van der Waals surface area contributed by atoms with E-state index in [-0.39, 0.29) is 12.4 Å². The first-order valence-corrected chi connectivity index (χ1v) is 5.77. The van der Waals surface area contributed by atoms with Crippen molar-refractivity contribution in [2.75, 3.05) is 11.9 Å². The van der Waals surface area contributed by atoms with Gasteiger partial charge in [-0.3, -0.25) is 5.10 Å². The molecule has 0 amide bonds. The van der Waals surface area contributed by atoms with E-state index >= 15 is 0 Å². The Morgan fingerprint density at radius 2 is 2.28 bits per heavy atom. The van der Waals surface area contributed by atoms with Crippen molar-refractivity contribution in [3.05, 3.63) is 17.8 Å². The second-order valence-corrected chi connectivity index (χ2v) is 4.82. The molecule has 0 aromatic carbocycles. The highest BCUT2D eigenvalue weighted by Gasteiger charge is 2.41. The number of hydrogen-bond donors (Lipinski definition) is 2. The highest BCUT2D eigenvalue weighted by molar-refractivity contribution is 7.86. The average molecular weight is 278 g/mol. The van der Waals surface area contributed by atoms with Crippen molar-refractivity contribution in [1.29, 1.82) is 5.26 Å². The summed E-state index contributed by atoms with van der Waals surface area (Å²) in [4.78, 5) is -0.689. The van der Waals surface area contributed by atoms with Gasteiger partial charge in [-0.05, 0) is 6.92 Å². The number of hydrogen-bond acceptors (Lipinski definition) is 4. The van der Waals surface area contributed by atoms with Crippen LogP contribution in [-0.2, 0) is 10.8 Å². The van der Waals surface area contributed by atoms with Crippen molar-refractivity contribution in [1.82, 2.24) is 10.2 Å². The molecule has 98 valence electrons. The molecule has 1 atom stereocenters. The predicted octanol–water partition coefficient (Wildman–Crippen LogP) is 1.90. The molecule has 0 fully saturated rings. The average Bonchev–Trinajstić information content (AvgIpc) is 2.66. The fraction of sp³-hybridized carbons (Fsp3) is 0.333. The lowest BCUT2D eigenvalue weighted by atomic mass is 10.3. The summed E-state index contributed by atoms with van der Waals surface area (Å²) < 4.78 is 48.5. The lowest BCUT2D eigenvalue weighted by Gasteiger charge is -2.08. The summed E-state index contributed by atoms with van der Waals surface area (Å²) in [6, 6.07) is 1.48. The molecule has 2 N–H and O–H groups in total. The summed E-state index contributed by atoms with van der Waals surface area (Å²) in [6.45, 7) is 5.38. The van der Waals surface area contributed by atoms with E-state index in [9.17, 15) is 17.4 Å². The Morgan fingerprint density at radius 1 is 1.67 bits per heavy atom. The molecular weight excluding hydrogens is 269 g/mol. The summed E-state index contributed by atoms with van der Waals surface area (Å²) in [6.07, 6.45) is 0. The molecule has 1 unspecified atom stereocenters. The molecule has 1 aromatic heterocycles. The van der Waals surface area contributed by atoms with Gasteiger partial charge in [0.2, 0.25) is 0 Å². The molecule has 18 heavy (non-hydrogen) atoms. The van der Waals surface area contributed by atoms with Crippen LogP contribution in [0.25, 0.3) is 0 Å². The van der Waals surface area contributed by atoms with E-state index in [1.165, 1.54) is 6.07 Å². The van der Waals surface area contributed by atoms with E-state index in [1.807, 2.05) is 0 Å². The molecular formula is C9H9F3N4OS. The Kier molecular flexibility index (Phi) is 4.13. The number of anilines is 1. The number of nitriles is 1. The minimum atomic E-state index is -4.95. The van der Waals surface area contributed by atoms with E-state index in [0.29, 0.717) is 5.57 Å². The van der Waals surface area contributed by atoms with Crippen molar-refractivity contribution in [3.8, 4) is 6.07 Å². The maximum absolute atomic E-state index is 12.4. The van der Waals surface area contributed by atoms with E-state index in [2.05, 4.69) is 22.1 Å². The molecule has 0 saturated heterocycles. The van der Waals surface area contributed by atoms with Crippen molar-refractivity contribution in [2.24, 2.45) is 0 Å². The molecule has 0 aliphatic rings. The van der Waals surface area contributed by atoms with Crippen LogP contribution in [0.2, 0.25) is 0 Å². The van der Waals surface area contributed by atoms with Crippen molar-refractivity contribution >= 4 is 16.6 Å². The zero-order valence-electron chi connectivity index (χ0n) is 9.26. The Balaban J connectivity index is 3.15. The van der Waals surface area contributed by atoms with Crippen LogP contribution in [0.15, 0.2) is 17.0 Å². The molecule has 1 rings (SSSR count). The number of nitrogens with zero attached hydrogens (tertiary/aromatic N) is 2. The molecule has 9 heteroatoms. The van der Waals surface area contributed by atoms with Crippen LogP contribution in [0.1, 0.15) is 12.6 Å². The number of H-pyrrole nitrogens is 1. The Morgan fingerprint density at radius 3 is 2.72 bits per heavy atom. The topological polar surface area (TPSA) is 81.6 Å². The highest BCUT2D eigenvalue weighted by atomic mass is 32.2. The molecule has 0 aliphatic carbocycles. The fourth-order valence-electron chi connectivity index (χ4n) is 1.06. The first-order valence-electron chi connectivity index (χ1n) is 4.62. The van der Waals surface area contributed by atoms with Crippen LogP contribution < -0.4 is 5.32 Å². The minimum Gasteiger partial charge on any atom is -0.364 e.